The second-order valence-corrected chi connectivity index (χ2v) is 3.72. The van der Waals surface area contributed by atoms with E-state index >= 15 is 0 Å². The van der Waals surface area contributed by atoms with Crippen LogP contribution in [-0.2, 0) is 6.42 Å². The van der Waals surface area contributed by atoms with E-state index in [0.717, 1.165) is 18.6 Å². The van der Waals surface area contributed by atoms with E-state index in [1.54, 1.807) is 0 Å². The summed E-state index contributed by atoms with van der Waals surface area (Å²) in [5.74, 6) is 0.509. The van der Waals surface area contributed by atoms with Crippen molar-refractivity contribution in [2.75, 3.05) is 6.54 Å². The summed E-state index contributed by atoms with van der Waals surface area (Å²) in [5, 5.41) is 0. The van der Waals surface area contributed by atoms with Gasteiger partial charge >= 0.3 is 0 Å². The minimum atomic E-state index is 0.509. The van der Waals surface area contributed by atoms with Crippen molar-refractivity contribution in [3.8, 4) is 0 Å². The molecule has 2 N–H and O–H groups in total. The molecular weight excluding hydrogens is 174 g/mol. The van der Waals surface area contributed by atoms with Gasteiger partial charge in [0.1, 0.15) is 5.65 Å². The van der Waals surface area contributed by atoms with Crippen LogP contribution in [0.4, 0.5) is 0 Å². The first-order chi connectivity index (χ1) is 6.81. The Morgan fingerprint density at radius 1 is 1.50 bits per heavy atom. The Labute approximate surface area is 83.6 Å². The third kappa shape index (κ3) is 1.63. The van der Waals surface area contributed by atoms with Gasteiger partial charge in [-0.2, -0.15) is 0 Å². The lowest BCUT2D eigenvalue weighted by molar-refractivity contribution is 0.582. The molecule has 74 valence electrons. The Bertz CT molecular complexity index is 419. The zero-order chi connectivity index (χ0) is 9.97. The number of aromatic nitrogens is 2. The van der Waals surface area contributed by atoms with Crippen LogP contribution in [0.5, 0.6) is 0 Å². The maximum absolute atomic E-state index is 5.60. The van der Waals surface area contributed by atoms with Crippen LogP contribution in [0.1, 0.15) is 12.6 Å². The molecule has 2 aromatic heterocycles. The number of fused-ring (bicyclic) bond motifs is 1. The van der Waals surface area contributed by atoms with Gasteiger partial charge in [0.2, 0.25) is 0 Å². The maximum atomic E-state index is 5.60. The monoisotopic (exact) mass is 189 g/mol. The normalized spacial score (nSPS) is 13.3. The molecule has 0 aromatic carbocycles. The number of nitrogens with two attached hydrogens (primary N) is 1. The Kier molecular flexibility index (Phi) is 2.50. The molecule has 0 aliphatic carbocycles. The third-order valence-corrected chi connectivity index (χ3v) is 2.45. The molecule has 2 aromatic rings. The van der Waals surface area contributed by atoms with Crippen molar-refractivity contribution < 1.29 is 0 Å². The summed E-state index contributed by atoms with van der Waals surface area (Å²) in [6.45, 7) is 2.88. The van der Waals surface area contributed by atoms with E-state index in [0.29, 0.717) is 5.92 Å². The fraction of sp³-hybridized carbons (Fsp3) is 0.364. The first-order valence-corrected chi connectivity index (χ1v) is 4.92. The highest BCUT2D eigenvalue weighted by molar-refractivity contribution is 5.39. The molecule has 1 atom stereocenters. The number of nitrogens with zero attached hydrogens (tertiary/aromatic N) is 2. The Morgan fingerprint density at radius 2 is 2.36 bits per heavy atom. The minimum absolute atomic E-state index is 0.509. The van der Waals surface area contributed by atoms with Gasteiger partial charge in [-0.25, -0.2) is 4.98 Å². The van der Waals surface area contributed by atoms with Crippen LogP contribution in [0, 0.1) is 5.92 Å². The van der Waals surface area contributed by atoms with E-state index in [2.05, 4.69) is 16.3 Å². The minimum Gasteiger partial charge on any atom is -0.330 e. The fourth-order valence-electron chi connectivity index (χ4n) is 1.58. The van der Waals surface area contributed by atoms with Gasteiger partial charge < -0.3 is 10.1 Å². The van der Waals surface area contributed by atoms with Crippen LogP contribution >= 0.6 is 0 Å². The highest BCUT2D eigenvalue weighted by Gasteiger charge is 2.06. The van der Waals surface area contributed by atoms with Crippen molar-refractivity contribution in [2.24, 2.45) is 11.7 Å². The Balaban J connectivity index is 2.33. The van der Waals surface area contributed by atoms with Crippen molar-refractivity contribution in [3.05, 3.63) is 36.3 Å². The van der Waals surface area contributed by atoms with Crippen molar-refractivity contribution >= 4 is 5.65 Å². The van der Waals surface area contributed by atoms with Crippen LogP contribution in [0.25, 0.3) is 5.65 Å². The summed E-state index contributed by atoms with van der Waals surface area (Å²) in [4.78, 5) is 4.33. The van der Waals surface area contributed by atoms with E-state index in [4.69, 9.17) is 5.73 Å². The van der Waals surface area contributed by atoms with Gasteiger partial charge in [0, 0.05) is 18.1 Å². The molecule has 0 saturated carbocycles. The molecule has 0 saturated heterocycles. The van der Waals surface area contributed by atoms with Crippen LogP contribution in [0.15, 0.2) is 30.6 Å². The molecule has 2 rings (SSSR count). The standard InChI is InChI=1S/C11H15N3/c1-9(7-12)6-10-8-13-11-4-2-3-5-14(10)11/h2-5,8-9H,6-7,12H2,1H3. The van der Waals surface area contributed by atoms with E-state index in [-0.39, 0.29) is 0 Å². The summed E-state index contributed by atoms with van der Waals surface area (Å²) in [5.41, 5.74) is 7.84. The van der Waals surface area contributed by atoms with Gasteiger partial charge in [0.15, 0.2) is 0 Å². The van der Waals surface area contributed by atoms with Gasteiger partial charge in [0.05, 0.1) is 0 Å². The summed E-state index contributed by atoms with van der Waals surface area (Å²) in [7, 11) is 0. The van der Waals surface area contributed by atoms with Crippen LogP contribution in [-0.4, -0.2) is 15.9 Å². The summed E-state index contributed by atoms with van der Waals surface area (Å²) < 4.78 is 2.12. The smallest absolute Gasteiger partial charge is 0.136 e. The first-order valence-electron chi connectivity index (χ1n) is 4.92. The molecule has 0 aliphatic rings. The zero-order valence-electron chi connectivity index (χ0n) is 8.35. The lowest BCUT2D eigenvalue weighted by Gasteiger charge is -2.07. The van der Waals surface area contributed by atoms with Crippen molar-refractivity contribution in [1.29, 1.82) is 0 Å². The molecule has 3 heteroatoms. The fourth-order valence-corrected chi connectivity index (χ4v) is 1.58. The second-order valence-electron chi connectivity index (χ2n) is 3.72. The first kappa shape index (κ1) is 9.21. The summed E-state index contributed by atoms with van der Waals surface area (Å²) >= 11 is 0. The lowest BCUT2D eigenvalue weighted by atomic mass is 10.1. The van der Waals surface area contributed by atoms with Gasteiger partial charge in [-0.1, -0.05) is 13.0 Å². The van der Waals surface area contributed by atoms with Crippen LogP contribution < -0.4 is 5.73 Å². The lowest BCUT2D eigenvalue weighted by Crippen LogP contribution is -2.13. The number of hydrogen-bond acceptors (Lipinski definition) is 2. The van der Waals surface area contributed by atoms with Crippen LogP contribution in [0.3, 0.4) is 0 Å². The SMILES string of the molecule is CC(CN)Cc1cnc2ccccn12. The van der Waals surface area contributed by atoms with Crippen molar-refractivity contribution in [1.82, 2.24) is 9.38 Å². The Morgan fingerprint density at radius 3 is 3.14 bits per heavy atom. The highest BCUT2D eigenvalue weighted by Crippen LogP contribution is 2.10. The summed E-state index contributed by atoms with van der Waals surface area (Å²) in [6, 6.07) is 6.03. The van der Waals surface area contributed by atoms with Crippen molar-refractivity contribution in [3.63, 3.8) is 0 Å². The molecule has 14 heavy (non-hydrogen) atoms. The summed E-state index contributed by atoms with van der Waals surface area (Å²) in [6.07, 6.45) is 4.96. The molecule has 0 fully saturated rings. The number of hydrogen-bond donors (Lipinski definition) is 1. The number of rotatable bonds is 3. The zero-order valence-corrected chi connectivity index (χ0v) is 8.35. The third-order valence-electron chi connectivity index (χ3n) is 2.45. The van der Waals surface area contributed by atoms with Gasteiger partial charge in [-0.15, -0.1) is 0 Å². The van der Waals surface area contributed by atoms with E-state index < -0.39 is 0 Å². The molecule has 0 spiro atoms. The van der Waals surface area contributed by atoms with Crippen LogP contribution in [0.2, 0.25) is 0 Å². The largest absolute Gasteiger partial charge is 0.330 e. The Hall–Kier alpha value is -1.35. The van der Waals surface area contributed by atoms with E-state index in [9.17, 15) is 0 Å². The molecule has 0 amide bonds. The molecule has 0 aliphatic heterocycles. The number of imidazole rings is 1. The van der Waals surface area contributed by atoms with E-state index in [1.165, 1.54) is 5.69 Å². The molecule has 1 unspecified atom stereocenters. The molecule has 2 heterocycles. The quantitative estimate of drug-likeness (QED) is 0.794. The average Bonchev–Trinajstić information content (AvgIpc) is 2.62. The van der Waals surface area contributed by atoms with Gasteiger partial charge in [-0.05, 0) is 31.0 Å². The molecular formula is C11H15N3. The van der Waals surface area contributed by atoms with E-state index in [1.807, 2.05) is 30.6 Å². The van der Waals surface area contributed by atoms with Gasteiger partial charge in [0.25, 0.3) is 0 Å². The predicted octanol–water partition coefficient (Wildman–Crippen LogP) is 1.47. The highest BCUT2D eigenvalue weighted by atomic mass is 15.0. The van der Waals surface area contributed by atoms with Crippen molar-refractivity contribution in [2.45, 2.75) is 13.3 Å². The van der Waals surface area contributed by atoms with Gasteiger partial charge in [-0.3, -0.25) is 0 Å². The predicted molar refractivity (Wildman–Crippen MR) is 57.1 cm³/mol. The molecule has 0 bridgehead atoms. The number of pyridine rings is 1. The average molecular weight is 189 g/mol. The molecule has 0 radical (unpaired) electrons. The topological polar surface area (TPSA) is 43.3 Å². The molecule has 3 nitrogen and oxygen atoms in total. The second kappa shape index (κ2) is 3.80. The maximum Gasteiger partial charge on any atom is 0.136 e.